The van der Waals surface area contributed by atoms with Crippen LogP contribution in [0.25, 0.3) is 0 Å². The van der Waals surface area contributed by atoms with Gasteiger partial charge >= 0.3 is 0 Å². The number of hydrogen-bond donors (Lipinski definition) is 1. The van der Waals surface area contributed by atoms with Gasteiger partial charge in [-0.1, -0.05) is 37.3 Å². The average Bonchev–Trinajstić information content (AvgIpc) is 3.26. The van der Waals surface area contributed by atoms with Gasteiger partial charge < -0.3 is 10.1 Å². The first kappa shape index (κ1) is 14.6. The molecule has 2 aromatic carbocycles. The highest BCUT2D eigenvalue weighted by atomic mass is 16.5. The molecule has 0 bridgehead atoms. The van der Waals surface area contributed by atoms with Gasteiger partial charge in [-0.25, -0.2) is 0 Å². The van der Waals surface area contributed by atoms with Gasteiger partial charge in [0.05, 0.1) is 7.11 Å². The van der Waals surface area contributed by atoms with Crippen LogP contribution in [0.3, 0.4) is 0 Å². The maximum Gasteiger partial charge on any atom is 0.227 e. The van der Waals surface area contributed by atoms with Crippen molar-refractivity contribution in [2.75, 3.05) is 12.4 Å². The first-order valence-corrected chi connectivity index (χ1v) is 7.69. The van der Waals surface area contributed by atoms with E-state index >= 15 is 0 Å². The van der Waals surface area contributed by atoms with Gasteiger partial charge in [0, 0.05) is 23.6 Å². The molecule has 3 nitrogen and oxygen atoms in total. The summed E-state index contributed by atoms with van der Waals surface area (Å²) in [5, 5.41) is 3.02. The van der Waals surface area contributed by atoms with Crippen molar-refractivity contribution < 1.29 is 9.53 Å². The summed E-state index contributed by atoms with van der Waals surface area (Å²) in [4.78, 5) is 12.1. The molecule has 3 rings (SSSR count). The lowest BCUT2D eigenvalue weighted by Gasteiger charge is -2.12. The number of carbonyl (C=O) groups is 1. The molecule has 1 amide bonds. The fourth-order valence-electron chi connectivity index (χ4n) is 2.73. The average molecular weight is 295 g/mol. The number of nitrogens with one attached hydrogen (secondary N) is 1. The molecule has 1 aliphatic carbocycles. The fourth-order valence-corrected chi connectivity index (χ4v) is 2.73. The topological polar surface area (TPSA) is 38.3 Å². The van der Waals surface area contributed by atoms with Crippen LogP contribution in [0.15, 0.2) is 48.5 Å². The van der Waals surface area contributed by atoms with Crippen LogP contribution in [0, 0.1) is 11.8 Å². The highest BCUT2D eigenvalue weighted by molar-refractivity contribution is 5.94. The summed E-state index contributed by atoms with van der Waals surface area (Å²) >= 11 is 0. The number of amides is 1. The molecule has 0 heterocycles. The molecule has 1 N–H and O–H groups in total. The quantitative estimate of drug-likeness (QED) is 0.909. The lowest BCUT2D eigenvalue weighted by atomic mass is 10.0. The standard InChI is InChI=1S/C19H21NO2/c1-13-10-17(13)19(21)20-16-8-9-18(22-2)15(12-16)11-14-6-4-3-5-7-14/h3-9,12-13,17H,10-11H2,1-2H3,(H,20,21). The van der Waals surface area contributed by atoms with Crippen molar-refractivity contribution in [3.63, 3.8) is 0 Å². The summed E-state index contributed by atoms with van der Waals surface area (Å²) < 4.78 is 5.44. The van der Waals surface area contributed by atoms with Crippen LogP contribution in [0.4, 0.5) is 5.69 Å². The van der Waals surface area contributed by atoms with Gasteiger partial charge in [0.15, 0.2) is 0 Å². The van der Waals surface area contributed by atoms with Gasteiger partial charge in [-0.2, -0.15) is 0 Å². The second-order valence-corrected chi connectivity index (χ2v) is 6.00. The molecule has 0 aromatic heterocycles. The minimum Gasteiger partial charge on any atom is -0.496 e. The predicted molar refractivity (Wildman–Crippen MR) is 88.1 cm³/mol. The molecule has 2 aromatic rings. The maximum absolute atomic E-state index is 12.1. The molecular weight excluding hydrogens is 274 g/mol. The van der Waals surface area contributed by atoms with Gasteiger partial charge in [0.2, 0.25) is 5.91 Å². The lowest BCUT2D eigenvalue weighted by Crippen LogP contribution is -2.14. The molecule has 114 valence electrons. The summed E-state index contributed by atoms with van der Waals surface area (Å²) in [6.45, 7) is 2.11. The summed E-state index contributed by atoms with van der Waals surface area (Å²) in [6.07, 6.45) is 1.78. The smallest absolute Gasteiger partial charge is 0.227 e. The van der Waals surface area contributed by atoms with Crippen LogP contribution in [-0.2, 0) is 11.2 Å². The van der Waals surface area contributed by atoms with Gasteiger partial charge in [-0.05, 0) is 36.1 Å². The monoisotopic (exact) mass is 295 g/mol. The Bertz CT molecular complexity index is 666. The van der Waals surface area contributed by atoms with E-state index in [1.54, 1.807) is 7.11 Å². The van der Waals surface area contributed by atoms with Crippen LogP contribution in [-0.4, -0.2) is 13.0 Å². The normalized spacial score (nSPS) is 19.5. The van der Waals surface area contributed by atoms with Crippen molar-refractivity contribution in [1.82, 2.24) is 0 Å². The first-order valence-electron chi connectivity index (χ1n) is 7.69. The number of benzene rings is 2. The Morgan fingerprint density at radius 3 is 2.59 bits per heavy atom. The summed E-state index contributed by atoms with van der Waals surface area (Å²) in [6, 6.07) is 16.1. The molecule has 2 unspecified atom stereocenters. The highest BCUT2D eigenvalue weighted by Crippen LogP contribution is 2.38. The highest BCUT2D eigenvalue weighted by Gasteiger charge is 2.39. The molecule has 0 aliphatic heterocycles. The van der Waals surface area contributed by atoms with Crippen molar-refractivity contribution >= 4 is 11.6 Å². The minimum atomic E-state index is 0.128. The van der Waals surface area contributed by atoms with Crippen molar-refractivity contribution in [3.05, 3.63) is 59.7 Å². The van der Waals surface area contributed by atoms with E-state index in [4.69, 9.17) is 4.74 Å². The van der Waals surface area contributed by atoms with Crippen molar-refractivity contribution in [3.8, 4) is 5.75 Å². The van der Waals surface area contributed by atoms with E-state index in [-0.39, 0.29) is 11.8 Å². The van der Waals surface area contributed by atoms with E-state index in [9.17, 15) is 4.79 Å². The second kappa shape index (κ2) is 6.22. The number of hydrogen-bond acceptors (Lipinski definition) is 2. The number of rotatable bonds is 5. The summed E-state index contributed by atoms with van der Waals surface area (Å²) in [5.41, 5.74) is 3.14. The van der Waals surface area contributed by atoms with Gasteiger partial charge in [-0.15, -0.1) is 0 Å². The molecule has 1 aliphatic rings. The van der Waals surface area contributed by atoms with E-state index in [1.807, 2.05) is 36.4 Å². The Hall–Kier alpha value is -2.29. The van der Waals surface area contributed by atoms with Crippen LogP contribution in [0.1, 0.15) is 24.5 Å². The predicted octanol–water partition coefficient (Wildman–Crippen LogP) is 3.88. The van der Waals surface area contributed by atoms with Crippen LogP contribution < -0.4 is 10.1 Å². The van der Waals surface area contributed by atoms with E-state index < -0.39 is 0 Å². The minimum absolute atomic E-state index is 0.128. The molecule has 0 radical (unpaired) electrons. The molecule has 1 fully saturated rings. The van der Waals surface area contributed by atoms with Crippen LogP contribution in [0.5, 0.6) is 5.75 Å². The molecule has 2 atom stereocenters. The Morgan fingerprint density at radius 2 is 1.95 bits per heavy atom. The molecule has 0 saturated heterocycles. The number of methoxy groups -OCH3 is 1. The Morgan fingerprint density at radius 1 is 1.23 bits per heavy atom. The Balaban J connectivity index is 1.78. The summed E-state index contributed by atoms with van der Waals surface area (Å²) in [7, 11) is 1.67. The van der Waals surface area contributed by atoms with Crippen LogP contribution >= 0.6 is 0 Å². The molecule has 1 saturated carbocycles. The van der Waals surface area contributed by atoms with Gasteiger partial charge in [0.25, 0.3) is 0 Å². The Labute approximate surface area is 131 Å². The maximum atomic E-state index is 12.1. The second-order valence-electron chi connectivity index (χ2n) is 6.00. The van der Waals surface area contributed by atoms with E-state index in [0.29, 0.717) is 5.92 Å². The zero-order valence-corrected chi connectivity index (χ0v) is 13.0. The lowest BCUT2D eigenvalue weighted by molar-refractivity contribution is -0.117. The molecular formula is C19H21NO2. The van der Waals surface area contributed by atoms with Crippen molar-refractivity contribution in [2.24, 2.45) is 11.8 Å². The third-order valence-electron chi connectivity index (χ3n) is 4.23. The number of carbonyl (C=O) groups excluding carboxylic acids is 1. The van der Waals surface area contributed by atoms with E-state index in [0.717, 1.165) is 29.8 Å². The number of anilines is 1. The van der Waals surface area contributed by atoms with Crippen LogP contribution in [0.2, 0.25) is 0 Å². The fraction of sp³-hybridized carbons (Fsp3) is 0.316. The molecule has 0 spiro atoms. The van der Waals surface area contributed by atoms with Gasteiger partial charge in [-0.3, -0.25) is 4.79 Å². The van der Waals surface area contributed by atoms with Crippen molar-refractivity contribution in [2.45, 2.75) is 19.8 Å². The zero-order valence-electron chi connectivity index (χ0n) is 13.0. The molecule has 3 heteroatoms. The van der Waals surface area contributed by atoms with Crippen molar-refractivity contribution in [1.29, 1.82) is 0 Å². The first-order chi connectivity index (χ1) is 10.7. The third kappa shape index (κ3) is 3.30. The van der Waals surface area contributed by atoms with Gasteiger partial charge in [0.1, 0.15) is 5.75 Å². The molecule has 22 heavy (non-hydrogen) atoms. The number of ether oxygens (including phenoxy) is 1. The van der Waals surface area contributed by atoms with E-state index in [1.165, 1.54) is 5.56 Å². The largest absolute Gasteiger partial charge is 0.496 e. The third-order valence-corrected chi connectivity index (χ3v) is 4.23. The van der Waals surface area contributed by atoms with E-state index in [2.05, 4.69) is 24.4 Å². The zero-order chi connectivity index (χ0) is 15.5. The SMILES string of the molecule is COc1ccc(NC(=O)C2CC2C)cc1Cc1ccccc1. The Kier molecular flexibility index (Phi) is 4.14. The summed E-state index contributed by atoms with van der Waals surface area (Å²) in [5.74, 6) is 1.67.